The van der Waals surface area contributed by atoms with Crippen LogP contribution in [0.4, 0.5) is 17.3 Å². The molecule has 2 aromatic carbocycles. The van der Waals surface area contributed by atoms with E-state index in [9.17, 15) is 4.79 Å². The van der Waals surface area contributed by atoms with Crippen molar-refractivity contribution in [2.45, 2.75) is 65.2 Å². The quantitative estimate of drug-likeness (QED) is 0.420. The van der Waals surface area contributed by atoms with Crippen molar-refractivity contribution in [2.75, 3.05) is 10.6 Å². The summed E-state index contributed by atoms with van der Waals surface area (Å²) >= 11 is 0. The zero-order chi connectivity index (χ0) is 24.6. The van der Waals surface area contributed by atoms with E-state index >= 15 is 0 Å². The van der Waals surface area contributed by atoms with Gasteiger partial charge in [-0.25, -0.2) is 9.97 Å². The molecule has 0 aliphatic heterocycles. The van der Waals surface area contributed by atoms with Crippen LogP contribution in [-0.2, 0) is 11.2 Å². The van der Waals surface area contributed by atoms with Crippen LogP contribution < -0.4 is 10.6 Å². The van der Waals surface area contributed by atoms with E-state index in [-0.39, 0.29) is 5.91 Å². The maximum atomic E-state index is 13.8. The largest absolute Gasteiger partial charge is 0.340 e. The van der Waals surface area contributed by atoms with Crippen LogP contribution in [0.3, 0.4) is 0 Å². The molecule has 0 radical (unpaired) electrons. The summed E-state index contributed by atoms with van der Waals surface area (Å²) in [5.41, 5.74) is 4.88. The molecule has 2 N–H and O–H groups in total. The molecule has 0 saturated heterocycles. The summed E-state index contributed by atoms with van der Waals surface area (Å²) in [6.07, 6.45) is 5.56. The Morgan fingerprint density at radius 3 is 2.57 bits per heavy atom. The first kappa shape index (κ1) is 23.5. The second-order valence-corrected chi connectivity index (χ2v) is 11.0. The Balaban J connectivity index is 1.37. The van der Waals surface area contributed by atoms with Crippen molar-refractivity contribution in [3.63, 3.8) is 0 Å². The highest BCUT2D eigenvalue weighted by Gasteiger charge is 2.51. The molecule has 5 nitrogen and oxygen atoms in total. The summed E-state index contributed by atoms with van der Waals surface area (Å²) in [6.45, 7) is 9.05. The van der Waals surface area contributed by atoms with Crippen molar-refractivity contribution >= 4 is 23.2 Å². The molecule has 3 aromatic rings. The van der Waals surface area contributed by atoms with Crippen LogP contribution in [0.2, 0.25) is 0 Å². The lowest BCUT2D eigenvalue weighted by Crippen LogP contribution is -2.48. The lowest BCUT2D eigenvalue weighted by atomic mass is 9.53. The van der Waals surface area contributed by atoms with E-state index in [4.69, 9.17) is 0 Å². The second kappa shape index (κ2) is 9.44. The number of rotatable bonds is 5. The van der Waals surface area contributed by atoms with Crippen LogP contribution in [0, 0.1) is 17.3 Å². The number of nitrogens with zero attached hydrogens (tertiary/aromatic N) is 2. The zero-order valence-corrected chi connectivity index (χ0v) is 21.2. The van der Waals surface area contributed by atoms with Gasteiger partial charge in [0, 0.05) is 11.8 Å². The van der Waals surface area contributed by atoms with E-state index in [2.05, 4.69) is 66.5 Å². The Hall–Kier alpha value is -3.21. The van der Waals surface area contributed by atoms with Gasteiger partial charge in [0.1, 0.15) is 18.0 Å². The maximum Gasteiger partial charge on any atom is 0.231 e. The van der Waals surface area contributed by atoms with Gasteiger partial charge in [-0.3, -0.25) is 4.79 Å². The first-order valence-electron chi connectivity index (χ1n) is 12.9. The van der Waals surface area contributed by atoms with E-state index in [1.165, 1.54) is 23.0 Å². The number of hydrogen-bond acceptors (Lipinski definition) is 4. The Labute approximate surface area is 208 Å². The first-order chi connectivity index (χ1) is 16.8. The predicted octanol–water partition coefficient (Wildman–Crippen LogP) is 7.06. The van der Waals surface area contributed by atoms with Crippen molar-refractivity contribution in [3.8, 4) is 0 Å². The van der Waals surface area contributed by atoms with Gasteiger partial charge in [0.2, 0.25) is 5.91 Å². The average Bonchev–Trinajstić information content (AvgIpc) is 2.86. The molecule has 182 valence electrons. The fourth-order valence-electron chi connectivity index (χ4n) is 6.25. The van der Waals surface area contributed by atoms with Crippen molar-refractivity contribution < 1.29 is 4.79 Å². The molecular weight excluding hydrogens is 432 g/mol. The molecule has 35 heavy (non-hydrogen) atoms. The van der Waals surface area contributed by atoms with E-state index < -0.39 is 5.41 Å². The lowest BCUT2D eigenvalue weighted by molar-refractivity contribution is -0.132. The molecule has 5 heteroatoms. The highest BCUT2D eigenvalue weighted by Crippen LogP contribution is 2.56. The molecular formula is C30H36N4O. The Morgan fingerprint density at radius 1 is 1.03 bits per heavy atom. The summed E-state index contributed by atoms with van der Waals surface area (Å²) in [6, 6.07) is 18.8. The minimum absolute atomic E-state index is 0.0750. The summed E-state index contributed by atoms with van der Waals surface area (Å²) in [5.74, 6) is 3.13. The van der Waals surface area contributed by atoms with Crippen LogP contribution in [0.15, 0.2) is 60.9 Å². The highest BCUT2D eigenvalue weighted by atomic mass is 16.2. The molecule has 4 atom stereocenters. The average molecular weight is 469 g/mol. The molecule has 1 heterocycles. The number of aromatic nitrogens is 2. The Morgan fingerprint density at radius 2 is 1.80 bits per heavy atom. The molecule has 5 rings (SSSR count). The van der Waals surface area contributed by atoms with Gasteiger partial charge in [-0.05, 0) is 78.2 Å². The number of benzene rings is 2. The molecule has 2 aliphatic rings. The Kier molecular flexibility index (Phi) is 6.35. The van der Waals surface area contributed by atoms with E-state index in [0.29, 0.717) is 35.3 Å². The van der Waals surface area contributed by atoms with Crippen LogP contribution in [0.25, 0.3) is 0 Å². The van der Waals surface area contributed by atoms with Crippen LogP contribution in [0.1, 0.15) is 75.5 Å². The maximum absolute atomic E-state index is 13.8. The topological polar surface area (TPSA) is 66.9 Å². The number of aryl methyl sites for hydroxylation is 1. The number of carbonyl (C=O) groups is 1. The summed E-state index contributed by atoms with van der Waals surface area (Å²) in [4.78, 5) is 22.4. The smallest absolute Gasteiger partial charge is 0.231 e. The number of hydrogen-bond donors (Lipinski definition) is 2. The summed E-state index contributed by atoms with van der Waals surface area (Å²) in [7, 11) is 0. The minimum Gasteiger partial charge on any atom is -0.340 e. The van der Waals surface area contributed by atoms with Crippen LogP contribution >= 0.6 is 0 Å². The van der Waals surface area contributed by atoms with Crippen molar-refractivity contribution in [2.24, 2.45) is 17.3 Å². The summed E-state index contributed by atoms with van der Waals surface area (Å²) in [5, 5.41) is 6.42. The number of anilines is 3. The zero-order valence-electron chi connectivity index (χ0n) is 21.2. The van der Waals surface area contributed by atoms with Gasteiger partial charge < -0.3 is 10.6 Å². The van der Waals surface area contributed by atoms with Crippen molar-refractivity contribution in [3.05, 3.63) is 77.6 Å². The van der Waals surface area contributed by atoms with E-state index in [0.717, 1.165) is 31.4 Å². The van der Waals surface area contributed by atoms with Gasteiger partial charge in [0.05, 0.1) is 5.41 Å². The highest BCUT2D eigenvalue weighted by molar-refractivity contribution is 5.95. The van der Waals surface area contributed by atoms with Gasteiger partial charge in [0.15, 0.2) is 0 Å². The number of amides is 1. The van der Waals surface area contributed by atoms with Crippen molar-refractivity contribution in [1.82, 2.24) is 9.97 Å². The molecule has 0 bridgehead atoms. The number of para-hydroxylation sites is 1. The number of carbonyl (C=O) groups excluding carboxylic acids is 1. The SMILES string of the molecule is CC(C)c1ccc2c(c1)CC[C@@H]1[C@@H]2[C@@H](C)CC[C@@]1(C)C(=O)Nc1cc(Nc2ccccc2)ncn1. The third-order valence-electron chi connectivity index (χ3n) is 8.38. The fraction of sp³-hybridized carbons (Fsp3) is 0.433. The summed E-state index contributed by atoms with van der Waals surface area (Å²) < 4.78 is 0. The lowest BCUT2D eigenvalue weighted by Gasteiger charge is -2.51. The van der Waals surface area contributed by atoms with Gasteiger partial charge in [-0.2, -0.15) is 0 Å². The molecule has 1 amide bonds. The molecule has 0 unspecified atom stereocenters. The van der Waals surface area contributed by atoms with Crippen molar-refractivity contribution in [1.29, 1.82) is 0 Å². The molecule has 1 fully saturated rings. The van der Waals surface area contributed by atoms with E-state index in [1.54, 1.807) is 6.07 Å². The molecule has 1 saturated carbocycles. The van der Waals surface area contributed by atoms with E-state index in [1.807, 2.05) is 30.3 Å². The first-order valence-corrected chi connectivity index (χ1v) is 12.9. The molecule has 2 aliphatic carbocycles. The Bertz CT molecular complexity index is 1210. The van der Waals surface area contributed by atoms with Crippen LogP contribution in [-0.4, -0.2) is 15.9 Å². The second-order valence-electron chi connectivity index (χ2n) is 11.0. The van der Waals surface area contributed by atoms with Crippen LogP contribution in [0.5, 0.6) is 0 Å². The molecule has 1 aromatic heterocycles. The number of nitrogens with one attached hydrogen (secondary N) is 2. The van der Waals surface area contributed by atoms with Gasteiger partial charge >= 0.3 is 0 Å². The monoisotopic (exact) mass is 468 g/mol. The minimum atomic E-state index is -0.427. The van der Waals surface area contributed by atoms with Gasteiger partial charge in [-0.15, -0.1) is 0 Å². The fourth-order valence-corrected chi connectivity index (χ4v) is 6.25. The number of fused-ring (bicyclic) bond motifs is 3. The van der Waals surface area contributed by atoms with Gasteiger partial charge in [-0.1, -0.05) is 64.1 Å². The normalized spacial score (nSPS) is 25.5. The predicted molar refractivity (Wildman–Crippen MR) is 142 cm³/mol. The van der Waals surface area contributed by atoms with Gasteiger partial charge in [0.25, 0.3) is 0 Å². The third-order valence-corrected chi connectivity index (χ3v) is 8.38. The standard InChI is InChI=1S/C30H36N4O/c1-19(2)21-10-12-24-22(16-21)11-13-25-28(24)20(3)14-15-30(25,4)29(35)34-27-17-26(31-18-32-27)33-23-8-6-5-7-9-23/h5-10,12,16-20,25,28H,11,13-15H2,1-4H3,(H2,31,32,33,34,35)/t20-,25+,28+,30+/m0/s1. The molecule has 0 spiro atoms. The third kappa shape index (κ3) is 4.56.